The van der Waals surface area contributed by atoms with Gasteiger partial charge in [0.1, 0.15) is 11.6 Å². The van der Waals surface area contributed by atoms with Crippen molar-refractivity contribution < 1.29 is 14.3 Å². The maximum absolute atomic E-state index is 13.4. The molecule has 0 aliphatic carbocycles. The Morgan fingerprint density at radius 3 is 2.63 bits per heavy atom. The van der Waals surface area contributed by atoms with Gasteiger partial charge in [0.15, 0.2) is 5.82 Å². The number of ether oxygens (including phenoxy) is 1. The second-order valence-electron chi connectivity index (χ2n) is 9.10. The van der Waals surface area contributed by atoms with Crippen molar-refractivity contribution in [2.45, 2.75) is 26.2 Å². The summed E-state index contributed by atoms with van der Waals surface area (Å²) in [5.41, 5.74) is 5.44. The Hall–Kier alpha value is -4.50. The Bertz CT molecular complexity index is 1510. The van der Waals surface area contributed by atoms with E-state index < -0.39 is 0 Å². The maximum atomic E-state index is 13.4. The van der Waals surface area contributed by atoms with E-state index in [-0.39, 0.29) is 11.8 Å². The van der Waals surface area contributed by atoms with E-state index in [0.29, 0.717) is 49.6 Å². The van der Waals surface area contributed by atoms with E-state index in [2.05, 4.69) is 15.4 Å². The molecule has 1 aliphatic rings. The number of pyridine rings is 2. The molecule has 38 heavy (non-hydrogen) atoms. The second-order valence-corrected chi connectivity index (χ2v) is 9.10. The zero-order valence-corrected chi connectivity index (χ0v) is 21.5. The van der Waals surface area contributed by atoms with Gasteiger partial charge in [-0.1, -0.05) is 30.3 Å². The monoisotopic (exact) mass is 510 g/mol. The molecular formula is C29H30N6O3. The number of nitrogens with zero attached hydrogens (tertiary/aromatic N) is 4. The first-order valence-corrected chi connectivity index (χ1v) is 12.6. The summed E-state index contributed by atoms with van der Waals surface area (Å²) in [6.45, 7) is 3.07. The SMILES string of the molecule is CCN1c2ncc(CCOc3ccc(CCC(=O)NN)c4ccccc34)cc2C(=O)N(C)c2cccnc21. The zero-order chi connectivity index (χ0) is 26.6. The molecule has 4 aromatic rings. The molecular weight excluding hydrogens is 480 g/mol. The summed E-state index contributed by atoms with van der Waals surface area (Å²) in [5, 5.41) is 2.03. The smallest absolute Gasteiger partial charge is 0.261 e. The number of nitrogens with two attached hydrogens (primary N) is 1. The van der Waals surface area contributed by atoms with E-state index >= 15 is 0 Å². The van der Waals surface area contributed by atoms with Crippen LogP contribution < -0.4 is 25.8 Å². The lowest BCUT2D eigenvalue weighted by Crippen LogP contribution is -2.30. The van der Waals surface area contributed by atoms with Crippen LogP contribution >= 0.6 is 0 Å². The lowest BCUT2D eigenvalue weighted by atomic mass is 10.00. The normalized spacial score (nSPS) is 12.7. The molecule has 2 aromatic heterocycles. The number of aryl methyl sites for hydroxylation is 1. The summed E-state index contributed by atoms with van der Waals surface area (Å²) in [5.74, 6) is 6.99. The predicted molar refractivity (Wildman–Crippen MR) is 148 cm³/mol. The van der Waals surface area contributed by atoms with E-state index in [0.717, 1.165) is 33.3 Å². The molecule has 0 fully saturated rings. The van der Waals surface area contributed by atoms with Crippen molar-refractivity contribution in [1.29, 1.82) is 0 Å². The fraction of sp³-hybridized carbons (Fsp3) is 0.241. The summed E-state index contributed by atoms with van der Waals surface area (Å²) < 4.78 is 6.19. The van der Waals surface area contributed by atoms with Gasteiger partial charge in [-0.25, -0.2) is 15.8 Å². The molecule has 3 heterocycles. The third-order valence-electron chi connectivity index (χ3n) is 6.82. The molecule has 9 heteroatoms. The number of nitrogens with one attached hydrogen (secondary N) is 1. The molecule has 1 aliphatic heterocycles. The van der Waals surface area contributed by atoms with Gasteiger partial charge in [0.25, 0.3) is 5.91 Å². The molecule has 0 saturated carbocycles. The van der Waals surface area contributed by atoms with Crippen molar-refractivity contribution in [1.82, 2.24) is 15.4 Å². The highest BCUT2D eigenvalue weighted by atomic mass is 16.5. The summed E-state index contributed by atoms with van der Waals surface area (Å²) in [6.07, 6.45) is 5.01. The molecule has 0 spiro atoms. The standard InChI is InChI=1S/C29H30N6O3/c1-3-35-27-23(29(37)34(2)24-9-6-15-31-28(24)35)17-19(18-32-27)14-16-38-25-12-10-20(11-13-26(36)33-30)21-7-4-5-8-22(21)25/h4-10,12,15,17-18H,3,11,13-14,16,30H2,1-2H3,(H,33,36). The van der Waals surface area contributed by atoms with Crippen molar-refractivity contribution >= 4 is 39.9 Å². The molecule has 0 bridgehead atoms. The van der Waals surface area contributed by atoms with Gasteiger partial charge >= 0.3 is 0 Å². The van der Waals surface area contributed by atoms with Gasteiger partial charge in [0.2, 0.25) is 5.91 Å². The van der Waals surface area contributed by atoms with Crippen LogP contribution in [0.15, 0.2) is 67.0 Å². The Balaban J connectivity index is 1.35. The lowest BCUT2D eigenvalue weighted by molar-refractivity contribution is -0.121. The molecule has 0 unspecified atom stereocenters. The number of carbonyl (C=O) groups is 2. The number of aromatic nitrogens is 2. The lowest BCUT2D eigenvalue weighted by Gasteiger charge is -2.22. The maximum Gasteiger partial charge on any atom is 0.261 e. The van der Waals surface area contributed by atoms with Crippen LogP contribution in [0.25, 0.3) is 10.8 Å². The molecule has 9 nitrogen and oxygen atoms in total. The van der Waals surface area contributed by atoms with Gasteiger partial charge in [0, 0.05) is 44.2 Å². The number of hydrogen-bond acceptors (Lipinski definition) is 7. The Morgan fingerprint density at radius 2 is 1.84 bits per heavy atom. The van der Waals surface area contributed by atoms with E-state index in [1.54, 1.807) is 24.3 Å². The van der Waals surface area contributed by atoms with Crippen LogP contribution in [0.4, 0.5) is 17.3 Å². The predicted octanol–water partition coefficient (Wildman–Crippen LogP) is 3.92. The fourth-order valence-electron chi connectivity index (χ4n) is 4.84. The summed E-state index contributed by atoms with van der Waals surface area (Å²) in [6, 6.07) is 17.5. The number of hydrazine groups is 1. The van der Waals surface area contributed by atoms with Crippen LogP contribution in [0.5, 0.6) is 5.75 Å². The fourth-order valence-corrected chi connectivity index (χ4v) is 4.84. The van der Waals surface area contributed by atoms with Gasteiger partial charge in [-0.2, -0.15) is 0 Å². The minimum atomic E-state index is -0.198. The first kappa shape index (κ1) is 25.2. The number of hydrogen-bond donors (Lipinski definition) is 2. The Morgan fingerprint density at radius 1 is 1.03 bits per heavy atom. The molecule has 2 amide bonds. The first-order valence-electron chi connectivity index (χ1n) is 12.6. The molecule has 2 aromatic carbocycles. The van der Waals surface area contributed by atoms with Gasteiger partial charge < -0.3 is 14.5 Å². The highest BCUT2D eigenvalue weighted by Gasteiger charge is 2.30. The largest absolute Gasteiger partial charge is 0.493 e. The number of rotatable bonds is 8. The van der Waals surface area contributed by atoms with E-state index in [1.165, 1.54) is 0 Å². The van der Waals surface area contributed by atoms with Crippen LogP contribution in [0, 0.1) is 0 Å². The second kappa shape index (κ2) is 10.9. The molecule has 0 radical (unpaired) electrons. The van der Waals surface area contributed by atoms with Crippen LogP contribution in [-0.2, 0) is 17.6 Å². The number of amides is 2. The minimum absolute atomic E-state index is 0.120. The molecule has 194 valence electrons. The average Bonchev–Trinajstić information content (AvgIpc) is 3.04. The highest BCUT2D eigenvalue weighted by Crippen LogP contribution is 2.37. The van der Waals surface area contributed by atoms with Crippen LogP contribution in [0.3, 0.4) is 0 Å². The third kappa shape index (κ3) is 4.76. The number of anilines is 3. The zero-order valence-electron chi connectivity index (χ0n) is 21.5. The Labute approximate surface area is 221 Å². The summed E-state index contributed by atoms with van der Waals surface area (Å²) in [7, 11) is 1.76. The van der Waals surface area contributed by atoms with Gasteiger partial charge in [-0.3, -0.25) is 15.0 Å². The minimum Gasteiger partial charge on any atom is -0.493 e. The quantitative estimate of drug-likeness (QED) is 0.210. The molecule has 0 atom stereocenters. The van der Waals surface area contributed by atoms with Crippen molar-refractivity contribution in [2.75, 3.05) is 30.0 Å². The number of fused-ring (bicyclic) bond motifs is 3. The van der Waals surface area contributed by atoms with Crippen molar-refractivity contribution in [3.05, 3.63) is 83.7 Å². The van der Waals surface area contributed by atoms with E-state index in [4.69, 9.17) is 10.6 Å². The van der Waals surface area contributed by atoms with Crippen LogP contribution in [-0.4, -0.2) is 42.0 Å². The van der Waals surface area contributed by atoms with Gasteiger partial charge in [-0.05, 0) is 54.1 Å². The van der Waals surface area contributed by atoms with Gasteiger partial charge in [-0.15, -0.1) is 0 Å². The van der Waals surface area contributed by atoms with Crippen molar-refractivity contribution in [2.24, 2.45) is 5.84 Å². The van der Waals surface area contributed by atoms with Crippen LogP contribution in [0.2, 0.25) is 0 Å². The van der Waals surface area contributed by atoms with Crippen LogP contribution in [0.1, 0.15) is 34.8 Å². The average molecular weight is 511 g/mol. The molecule has 3 N–H and O–H groups in total. The number of carbonyl (C=O) groups excluding carboxylic acids is 2. The Kier molecular flexibility index (Phi) is 7.19. The first-order chi connectivity index (χ1) is 18.5. The van der Waals surface area contributed by atoms with E-state index in [1.807, 2.05) is 66.4 Å². The summed E-state index contributed by atoms with van der Waals surface area (Å²) >= 11 is 0. The number of benzene rings is 2. The van der Waals surface area contributed by atoms with Gasteiger partial charge in [0.05, 0.1) is 17.9 Å². The van der Waals surface area contributed by atoms with Crippen molar-refractivity contribution in [3.63, 3.8) is 0 Å². The van der Waals surface area contributed by atoms with E-state index in [9.17, 15) is 9.59 Å². The summed E-state index contributed by atoms with van der Waals surface area (Å²) in [4.78, 5) is 37.8. The highest BCUT2D eigenvalue weighted by molar-refractivity contribution is 6.12. The molecule has 5 rings (SSSR count). The van der Waals surface area contributed by atoms with Crippen molar-refractivity contribution in [3.8, 4) is 5.75 Å². The third-order valence-corrected chi connectivity index (χ3v) is 6.82. The topological polar surface area (TPSA) is 114 Å². The molecule has 0 saturated heterocycles.